The van der Waals surface area contributed by atoms with Gasteiger partial charge in [0.25, 0.3) is 0 Å². The Morgan fingerprint density at radius 1 is 0.792 bits per heavy atom. The molecule has 1 atom stereocenters. The summed E-state index contributed by atoms with van der Waals surface area (Å²) < 4.78 is 77.3. The zero-order valence-corrected chi connectivity index (χ0v) is 11.8. The van der Waals surface area contributed by atoms with Gasteiger partial charge in [-0.1, -0.05) is 30.3 Å². The lowest BCUT2D eigenvalue weighted by molar-refractivity contribution is -0.144. The van der Waals surface area contributed by atoms with Crippen LogP contribution in [0.25, 0.3) is 0 Å². The van der Waals surface area contributed by atoms with E-state index in [0.29, 0.717) is 12.1 Å². The van der Waals surface area contributed by atoms with Crippen LogP contribution in [0.2, 0.25) is 0 Å². The summed E-state index contributed by atoms with van der Waals surface area (Å²) in [5, 5.41) is 9.31. The van der Waals surface area contributed by atoms with Gasteiger partial charge in [-0.25, -0.2) is 0 Å². The van der Waals surface area contributed by atoms with Crippen molar-refractivity contribution in [2.75, 3.05) is 0 Å². The van der Waals surface area contributed by atoms with Crippen molar-refractivity contribution in [1.82, 2.24) is 0 Å². The van der Waals surface area contributed by atoms with E-state index < -0.39 is 40.9 Å². The highest BCUT2D eigenvalue weighted by molar-refractivity contribution is 5.80. The first kappa shape index (κ1) is 17.8. The highest BCUT2D eigenvalue weighted by Gasteiger charge is 2.38. The van der Waals surface area contributed by atoms with Gasteiger partial charge < -0.3 is 5.11 Å². The minimum Gasteiger partial charge on any atom is -0.481 e. The molecule has 0 aliphatic heterocycles. The number of alkyl halides is 6. The maximum atomic E-state index is 12.9. The van der Waals surface area contributed by atoms with E-state index in [2.05, 4.69) is 0 Å². The quantitative estimate of drug-likeness (QED) is 0.798. The lowest BCUT2D eigenvalue weighted by Crippen LogP contribution is -2.17. The molecule has 0 unspecified atom stereocenters. The van der Waals surface area contributed by atoms with Gasteiger partial charge in [0.2, 0.25) is 0 Å². The third-order valence-corrected chi connectivity index (χ3v) is 3.32. The van der Waals surface area contributed by atoms with Crippen molar-refractivity contribution in [3.05, 3.63) is 70.8 Å². The Labute approximate surface area is 132 Å². The molecule has 0 heterocycles. The summed E-state index contributed by atoms with van der Waals surface area (Å²) in [5.74, 6) is -3.19. The Kier molecular flexibility index (Phi) is 4.59. The van der Waals surface area contributed by atoms with E-state index in [9.17, 15) is 36.2 Å². The summed E-state index contributed by atoms with van der Waals surface area (Å²) in [6.07, 6.45) is -10.1. The molecular formula is C16H10F6O2. The molecule has 0 saturated carbocycles. The summed E-state index contributed by atoms with van der Waals surface area (Å²) in [5.41, 5.74) is -3.60. The van der Waals surface area contributed by atoms with E-state index >= 15 is 0 Å². The van der Waals surface area contributed by atoms with Crippen molar-refractivity contribution in [1.29, 1.82) is 0 Å². The van der Waals surface area contributed by atoms with Crippen LogP contribution < -0.4 is 0 Å². The Hall–Kier alpha value is -2.51. The minimum absolute atomic E-state index is 0.0343. The molecule has 0 spiro atoms. The number of carboxylic acid groups (broad SMARTS) is 1. The molecule has 2 rings (SSSR count). The molecule has 0 aliphatic carbocycles. The van der Waals surface area contributed by atoms with E-state index in [4.69, 9.17) is 0 Å². The molecule has 1 N–H and O–H groups in total. The third-order valence-electron chi connectivity index (χ3n) is 3.32. The summed E-state index contributed by atoms with van der Waals surface area (Å²) in [7, 11) is 0. The van der Waals surface area contributed by atoms with E-state index in [1.807, 2.05) is 0 Å². The van der Waals surface area contributed by atoms with Crippen LogP contribution in [0.4, 0.5) is 26.3 Å². The van der Waals surface area contributed by atoms with E-state index in [-0.39, 0.29) is 11.6 Å². The van der Waals surface area contributed by atoms with Crippen LogP contribution >= 0.6 is 0 Å². The van der Waals surface area contributed by atoms with Crippen molar-refractivity contribution < 1.29 is 36.2 Å². The molecular weight excluding hydrogens is 338 g/mol. The van der Waals surface area contributed by atoms with E-state index in [0.717, 1.165) is 0 Å². The lowest BCUT2D eigenvalue weighted by atomic mass is 9.89. The molecule has 0 amide bonds. The van der Waals surface area contributed by atoms with Gasteiger partial charge in [-0.2, -0.15) is 26.3 Å². The zero-order chi connectivity index (χ0) is 18.1. The van der Waals surface area contributed by atoms with E-state index in [1.54, 1.807) is 6.07 Å². The third kappa shape index (κ3) is 3.87. The molecule has 0 aromatic heterocycles. The molecule has 0 saturated heterocycles. The Balaban J connectivity index is 2.69. The number of carbonyl (C=O) groups is 1. The molecule has 0 fully saturated rings. The average molecular weight is 348 g/mol. The standard InChI is InChI=1S/C16H10F6O2/c17-15(18,19)11-6-10(7-12(8-11)16(20,21)22)13(14(23)24)9-4-2-1-3-5-9/h1-8,13H,(H,23,24)/t13-/m0/s1. The molecule has 2 nitrogen and oxygen atoms in total. The summed E-state index contributed by atoms with van der Waals surface area (Å²) in [4.78, 5) is 11.5. The molecule has 8 heteroatoms. The molecule has 0 radical (unpaired) electrons. The molecule has 128 valence electrons. The van der Waals surface area contributed by atoms with Gasteiger partial charge >= 0.3 is 18.3 Å². The van der Waals surface area contributed by atoms with Crippen LogP contribution in [0, 0.1) is 0 Å². The minimum atomic E-state index is -5.03. The first-order chi connectivity index (χ1) is 11.0. The van der Waals surface area contributed by atoms with Gasteiger partial charge in [0.1, 0.15) is 5.92 Å². The van der Waals surface area contributed by atoms with Crippen LogP contribution in [0.1, 0.15) is 28.2 Å². The van der Waals surface area contributed by atoms with Crippen molar-refractivity contribution in [3.63, 3.8) is 0 Å². The predicted octanol–water partition coefficient (Wildman–Crippen LogP) is 4.94. The van der Waals surface area contributed by atoms with Crippen LogP contribution in [0.5, 0.6) is 0 Å². The Morgan fingerprint density at radius 2 is 1.25 bits per heavy atom. The normalized spacial score (nSPS) is 13.6. The highest BCUT2D eigenvalue weighted by Crippen LogP contribution is 2.38. The van der Waals surface area contributed by atoms with Gasteiger partial charge in [-0.15, -0.1) is 0 Å². The molecule has 0 bridgehead atoms. The smallest absolute Gasteiger partial charge is 0.416 e. The zero-order valence-electron chi connectivity index (χ0n) is 11.8. The number of benzene rings is 2. The number of rotatable bonds is 3. The second-order valence-corrected chi connectivity index (χ2v) is 5.02. The topological polar surface area (TPSA) is 37.3 Å². The largest absolute Gasteiger partial charge is 0.481 e. The van der Waals surface area contributed by atoms with Crippen LogP contribution in [0.3, 0.4) is 0 Å². The number of hydrogen-bond acceptors (Lipinski definition) is 1. The molecule has 0 aliphatic rings. The second kappa shape index (κ2) is 6.18. The highest BCUT2D eigenvalue weighted by atomic mass is 19.4. The molecule has 2 aromatic carbocycles. The number of hydrogen-bond donors (Lipinski definition) is 1. The molecule has 2 aromatic rings. The fraction of sp³-hybridized carbons (Fsp3) is 0.188. The van der Waals surface area contributed by atoms with Crippen molar-refractivity contribution in [2.45, 2.75) is 18.3 Å². The van der Waals surface area contributed by atoms with Crippen LogP contribution in [-0.2, 0) is 17.1 Å². The van der Waals surface area contributed by atoms with Gasteiger partial charge in [0.05, 0.1) is 11.1 Å². The number of aliphatic carboxylic acids is 1. The van der Waals surface area contributed by atoms with E-state index in [1.165, 1.54) is 24.3 Å². The maximum absolute atomic E-state index is 12.9. The Morgan fingerprint density at radius 3 is 1.62 bits per heavy atom. The molecule has 24 heavy (non-hydrogen) atoms. The summed E-state index contributed by atoms with van der Waals surface area (Å²) in [6, 6.07) is 7.93. The SMILES string of the molecule is O=C(O)[C@@H](c1ccccc1)c1cc(C(F)(F)F)cc(C(F)(F)F)c1. The van der Waals surface area contributed by atoms with Crippen LogP contribution in [-0.4, -0.2) is 11.1 Å². The van der Waals surface area contributed by atoms with Gasteiger partial charge in [0.15, 0.2) is 0 Å². The first-order valence-electron chi connectivity index (χ1n) is 6.57. The van der Waals surface area contributed by atoms with Crippen molar-refractivity contribution >= 4 is 5.97 Å². The van der Waals surface area contributed by atoms with Gasteiger partial charge in [0, 0.05) is 0 Å². The average Bonchev–Trinajstić information content (AvgIpc) is 2.46. The monoisotopic (exact) mass is 348 g/mol. The van der Waals surface area contributed by atoms with Crippen molar-refractivity contribution in [2.24, 2.45) is 0 Å². The summed E-state index contributed by atoms with van der Waals surface area (Å²) >= 11 is 0. The summed E-state index contributed by atoms with van der Waals surface area (Å²) in [6.45, 7) is 0. The predicted molar refractivity (Wildman–Crippen MR) is 72.4 cm³/mol. The van der Waals surface area contributed by atoms with Gasteiger partial charge in [-0.05, 0) is 29.3 Å². The van der Waals surface area contributed by atoms with Crippen LogP contribution in [0.15, 0.2) is 48.5 Å². The van der Waals surface area contributed by atoms with Gasteiger partial charge in [-0.3, -0.25) is 4.79 Å². The first-order valence-corrected chi connectivity index (χ1v) is 6.57. The van der Waals surface area contributed by atoms with Crippen molar-refractivity contribution in [3.8, 4) is 0 Å². The fourth-order valence-corrected chi connectivity index (χ4v) is 2.27. The Bertz CT molecular complexity index is 702. The maximum Gasteiger partial charge on any atom is 0.416 e. The fourth-order valence-electron chi connectivity index (χ4n) is 2.27. The number of carboxylic acids is 1. The second-order valence-electron chi connectivity index (χ2n) is 5.02. The number of halogens is 6. The lowest BCUT2D eigenvalue weighted by Gasteiger charge is -2.18.